The van der Waals surface area contributed by atoms with Gasteiger partial charge in [0.15, 0.2) is 0 Å². The number of carboxylic acid groups (broad SMARTS) is 3. The predicted octanol–water partition coefficient (Wildman–Crippen LogP) is -12.4. The molecule has 1 rings (SSSR count). The number of aliphatic carboxylic acids is 3. The molecule has 5 unspecified atom stereocenters. The van der Waals surface area contributed by atoms with Crippen LogP contribution in [-0.2, 0) is 23.9 Å². The summed E-state index contributed by atoms with van der Waals surface area (Å²) in [5.41, 5.74) is 0. The third-order valence-corrected chi connectivity index (χ3v) is 4.85. The number of nitrogens with zero attached hydrogens (tertiary/aromatic N) is 2. The maximum absolute atomic E-state index is 13.0. The van der Waals surface area contributed by atoms with Crippen LogP contribution in [0.4, 0.5) is 0 Å². The van der Waals surface area contributed by atoms with E-state index in [1.807, 2.05) is 0 Å². The predicted molar refractivity (Wildman–Crippen MR) is 90.5 cm³/mol. The molecule has 0 saturated carbocycles. The molecule has 0 N–H and O–H groups in total. The van der Waals surface area contributed by atoms with Gasteiger partial charge in [-0.05, 0) is 6.42 Å². The summed E-state index contributed by atoms with van der Waals surface area (Å²) in [6, 6.07) is 0. The summed E-state index contributed by atoms with van der Waals surface area (Å²) in [4.78, 5) is 52.9. The van der Waals surface area contributed by atoms with E-state index in [1.54, 1.807) is 6.92 Å². The van der Waals surface area contributed by atoms with E-state index < -0.39 is 53.6 Å². The number of carboxylic acids is 3. The fraction of sp³-hybridized carbons (Fsp3) is 0.706. The van der Waals surface area contributed by atoms with E-state index >= 15 is 0 Å². The minimum Gasteiger partial charge on any atom is -0.550 e. The molecule has 158 valence electrons. The van der Waals surface area contributed by atoms with Gasteiger partial charge in [0.25, 0.3) is 0 Å². The number of rotatable bonds is 12. The molecule has 5 atom stereocenters. The Balaban J connectivity index is -0.00000261. The Bertz CT molecular complexity index is 640. The van der Waals surface area contributed by atoms with Crippen LogP contribution in [0.25, 0.3) is 0 Å². The van der Waals surface area contributed by atoms with Crippen LogP contribution in [0.2, 0.25) is 0 Å². The van der Waals surface area contributed by atoms with Crippen molar-refractivity contribution < 1.29 is 193 Å². The van der Waals surface area contributed by atoms with Gasteiger partial charge >= 0.3 is 154 Å². The number of carbonyl (C=O) groups excluding carboxylic acids is 4. The molecule has 0 aromatic carbocycles. The quantitative estimate of drug-likeness (QED) is 0.176. The van der Waals surface area contributed by atoms with E-state index in [4.69, 9.17) is 16.3 Å². The Kier molecular flexibility index (Phi) is 24.5. The first-order chi connectivity index (χ1) is 13.2. The van der Waals surface area contributed by atoms with E-state index in [2.05, 4.69) is 4.99 Å². The molecule has 0 aliphatic carbocycles. The minimum absolute atomic E-state index is 0. The van der Waals surface area contributed by atoms with E-state index in [9.17, 15) is 34.5 Å². The summed E-state index contributed by atoms with van der Waals surface area (Å²) in [6.07, 6.45) is 0.312. The van der Waals surface area contributed by atoms with Crippen molar-refractivity contribution in [3.63, 3.8) is 0 Å². The molecule has 1 heterocycles. The number of alkyl halides is 1. The molecule has 1 aliphatic rings. The van der Waals surface area contributed by atoms with Gasteiger partial charge in [0.1, 0.15) is 0 Å². The molecule has 0 fully saturated rings. The van der Waals surface area contributed by atoms with Gasteiger partial charge in [-0.2, -0.15) is 0 Å². The third-order valence-electron chi connectivity index (χ3n) is 4.70. The average Bonchev–Trinajstić information content (AvgIpc) is 3.17. The van der Waals surface area contributed by atoms with Crippen molar-refractivity contribution in [3.05, 3.63) is 0 Å². The van der Waals surface area contributed by atoms with Crippen molar-refractivity contribution in [2.45, 2.75) is 26.4 Å². The molecular weight excluding hydrogens is 513 g/mol. The van der Waals surface area contributed by atoms with Crippen LogP contribution < -0.4 is 169 Å². The van der Waals surface area contributed by atoms with Crippen LogP contribution in [0, 0.1) is 23.7 Å². The molecule has 0 saturated heterocycles. The second-order valence-electron chi connectivity index (χ2n) is 6.38. The largest absolute Gasteiger partial charge is 1.00 e. The number of amides is 1. The molecule has 0 bridgehead atoms. The molecule has 14 heteroatoms. The van der Waals surface area contributed by atoms with Gasteiger partial charge in [-0.1, -0.05) is 13.8 Å². The van der Waals surface area contributed by atoms with Crippen LogP contribution >= 0.6 is 11.6 Å². The van der Waals surface area contributed by atoms with Crippen molar-refractivity contribution in [2.75, 3.05) is 25.6 Å². The molecule has 1 aliphatic heterocycles. The zero-order valence-corrected chi connectivity index (χ0v) is 28.7. The van der Waals surface area contributed by atoms with Crippen molar-refractivity contribution in [1.29, 1.82) is 0 Å². The number of carbonyl (C=O) groups is 4. The monoisotopic (exact) mass is 534 g/mol. The summed E-state index contributed by atoms with van der Waals surface area (Å²) >= 11 is 5.60. The third kappa shape index (κ3) is 11.5. The van der Waals surface area contributed by atoms with E-state index in [-0.39, 0.29) is 180 Å². The standard InChI is InChI=1S/C17H25ClN2O8.3K/c1-3-10(28-7-4-18)12(14(21)20-6-5-19-8-20)13(17(26)27)11(16(24)25)9(2)15(22)23;;;/h8-13H,3-7H2,1-2H3,(H,22,23)(H,24,25)(H,26,27);;;/q;3*+1/p-3. The second-order valence-corrected chi connectivity index (χ2v) is 6.76. The van der Waals surface area contributed by atoms with E-state index in [0.29, 0.717) is 6.54 Å². The van der Waals surface area contributed by atoms with Crippen molar-refractivity contribution in [3.8, 4) is 0 Å². The Labute approximate surface area is 313 Å². The van der Waals surface area contributed by atoms with E-state index in [1.165, 1.54) is 6.34 Å². The van der Waals surface area contributed by atoms with Crippen LogP contribution in [-0.4, -0.2) is 66.7 Å². The zero-order valence-electron chi connectivity index (χ0n) is 18.5. The first-order valence-corrected chi connectivity index (χ1v) is 9.31. The van der Waals surface area contributed by atoms with Gasteiger partial charge < -0.3 is 39.3 Å². The number of hydrogen-bond acceptors (Lipinski definition) is 9. The summed E-state index contributed by atoms with van der Waals surface area (Å²) in [7, 11) is 0. The summed E-state index contributed by atoms with van der Waals surface area (Å²) in [5, 5.41) is 34.8. The van der Waals surface area contributed by atoms with Crippen molar-refractivity contribution in [1.82, 2.24) is 4.90 Å². The first kappa shape index (κ1) is 38.2. The molecule has 0 radical (unpaired) electrons. The fourth-order valence-corrected chi connectivity index (χ4v) is 3.37. The molecule has 0 spiro atoms. The SMILES string of the molecule is CCC(OCCCl)C(C(=O)N1C=NCC1)C(C(=O)[O-])C(C(=O)[O-])C(C)C(=O)[O-].[K+].[K+].[K+]. The van der Waals surface area contributed by atoms with Gasteiger partial charge in [0, 0.05) is 48.1 Å². The normalized spacial score (nSPS) is 17.1. The minimum atomic E-state index is -2.07. The summed E-state index contributed by atoms with van der Waals surface area (Å²) < 4.78 is 5.49. The van der Waals surface area contributed by atoms with Crippen LogP contribution in [0.15, 0.2) is 4.99 Å². The summed E-state index contributed by atoms with van der Waals surface area (Å²) in [6.45, 7) is 3.04. The maximum Gasteiger partial charge on any atom is 1.00 e. The van der Waals surface area contributed by atoms with Gasteiger partial charge in [-0.3, -0.25) is 9.79 Å². The summed E-state index contributed by atoms with van der Waals surface area (Å²) in [5.74, 6) is -13.7. The molecular formula is C17H22ClK3N2O8. The van der Waals surface area contributed by atoms with Crippen LogP contribution in [0.3, 0.4) is 0 Å². The molecule has 0 aromatic heterocycles. The topological polar surface area (TPSA) is 162 Å². The maximum atomic E-state index is 13.0. The van der Waals surface area contributed by atoms with Crippen LogP contribution in [0.1, 0.15) is 20.3 Å². The van der Waals surface area contributed by atoms with E-state index in [0.717, 1.165) is 11.8 Å². The number of hydrogen-bond donors (Lipinski definition) is 0. The van der Waals surface area contributed by atoms with Gasteiger partial charge in [-0.25, -0.2) is 0 Å². The molecule has 10 nitrogen and oxygen atoms in total. The Morgan fingerprint density at radius 1 is 1.03 bits per heavy atom. The molecule has 1 amide bonds. The molecule has 0 aromatic rings. The second kappa shape index (κ2) is 19.8. The first-order valence-electron chi connectivity index (χ1n) is 8.77. The van der Waals surface area contributed by atoms with Gasteiger partial charge in [0.05, 0.1) is 31.5 Å². The van der Waals surface area contributed by atoms with Crippen molar-refractivity contribution >= 4 is 41.8 Å². The smallest absolute Gasteiger partial charge is 0.550 e. The van der Waals surface area contributed by atoms with Crippen molar-refractivity contribution in [2.24, 2.45) is 28.7 Å². The Morgan fingerprint density at radius 2 is 1.58 bits per heavy atom. The number of halogens is 1. The Hall–Kier alpha value is 2.71. The average molecular weight is 535 g/mol. The van der Waals surface area contributed by atoms with Gasteiger partial charge in [-0.15, -0.1) is 11.6 Å². The Morgan fingerprint density at radius 3 is 1.94 bits per heavy atom. The molecule has 31 heavy (non-hydrogen) atoms. The zero-order chi connectivity index (χ0) is 21.4. The fourth-order valence-electron chi connectivity index (χ4n) is 3.28. The number of ether oxygens (including phenoxy) is 1. The van der Waals surface area contributed by atoms with Gasteiger partial charge in [0.2, 0.25) is 5.91 Å². The number of aliphatic imine (C=N–C) groups is 1. The van der Waals surface area contributed by atoms with Crippen LogP contribution in [0.5, 0.6) is 0 Å².